The molecule has 0 radical (unpaired) electrons. The number of carbonyl (C=O) groups excluding carboxylic acids is 2. The Hall–Kier alpha value is -2.78. The quantitative estimate of drug-likeness (QED) is 0.597. The highest BCUT2D eigenvalue weighted by Gasteiger charge is 2.27. The second-order valence-electron chi connectivity index (χ2n) is 8.12. The number of hydrogen-bond acceptors (Lipinski definition) is 6. The van der Waals surface area contributed by atoms with E-state index < -0.39 is 0 Å². The van der Waals surface area contributed by atoms with Crippen molar-refractivity contribution in [3.8, 4) is 5.00 Å². The third-order valence-electron chi connectivity index (χ3n) is 6.02. The Bertz CT molecular complexity index is 1120. The number of carbonyl (C=O) groups is 2. The lowest BCUT2D eigenvalue weighted by Crippen LogP contribution is -2.41. The molecule has 3 N–H and O–H groups in total. The molecule has 3 aromatic heterocycles. The van der Waals surface area contributed by atoms with E-state index in [4.69, 9.17) is 5.73 Å². The first-order valence-corrected chi connectivity index (χ1v) is 12.7. The van der Waals surface area contributed by atoms with E-state index in [1.165, 1.54) is 10.4 Å². The average Bonchev–Trinajstić information content (AvgIpc) is 3.47. The molecule has 166 valence electrons. The molecular formula is C23H25N5O2S2. The molecule has 2 aliphatic rings. The van der Waals surface area contributed by atoms with Crippen LogP contribution in [0.15, 0.2) is 42.9 Å². The van der Waals surface area contributed by atoms with E-state index in [0.717, 1.165) is 53.7 Å². The van der Waals surface area contributed by atoms with Gasteiger partial charge in [0.1, 0.15) is 10.8 Å². The van der Waals surface area contributed by atoms with Crippen molar-refractivity contribution in [2.75, 3.05) is 29.1 Å². The zero-order chi connectivity index (χ0) is 22.1. The van der Waals surface area contributed by atoms with Crippen molar-refractivity contribution in [1.29, 1.82) is 0 Å². The van der Waals surface area contributed by atoms with Crippen LogP contribution < -0.4 is 16.0 Å². The second kappa shape index (κ2) is 8.99. The van der Waals surface area contributed by atoms with E-state index in [2.05, 4.69) is 15.2 Å². The number of pyridine rings is 1. The van der Waals surface area contributed by atoms with E-state index in [1.54, 1.807) is 17.5 Å². The van der Waals surface area contributed by atoms with Gasteiger partial charge in [-0.1, -0.05) is 0 Å². The molecule has 0 bridgehead atoms. The fraction of sp³-hybridized carbons (Fsp3) is 0.348. The van der Waals surface area contributed by atoms with Gasteiger partial charge < -0.3 is 20.5 Å². The van der Waals surface area contributed by atoms with Gasteiger partial charge in [0.25, 0.3) is 5.91 Å². The lowest BCUT2D eigenvalue weighted by atomic mass is 9.97. The minimum atomic E-state index is -0.255. The molecule has 0 saturated carbocycles. The molecule has 9 heteroatoms. The van der Waals surface area contributed by atoms with Gasteiger partial charge in [0, 0.05) is 36.1 Å². The molecule has 1 fully saturated rings. The Labute approximate surface area is 195 Å². The zero-order valence-electron chi connectivity index (χ0n) is 17.6. The Morgan fingerprint density at radius 1 is 1.22 bits per heavy atom. The topological polar surface area (TPSA) is 93.3 Å². The number of hydrogen-bond donors (Lipinski definition) is 2. The van der Waals surface area contributed by atoms with Gasteiger partial charge in [-0.15, -0.1) is 11.3 Å². The molecule has 7 nitrogen and oxygen atoms in total. The summed E-state index contributed by atoms with van der Waals surface area (Å²) < 4.78 is 2.02. The van der Waals surface area contributed by atoms with Crippen molar-refractivity contribution in [1.82, 2.24) is 9.55 Å². The summed E-state index contributed by atoms with van der Waals surface area (Å²) >= 11 is 3.62. The highest BCUT2D eigenvalue weighted by Crippen LogP contribution is 2.38. The molecular weight excluding hydrogens is 442 g/mol. The number of amides is 2. The molecule has 0 aromatic carbocycles. The number of rotatable bonds is 5. The standard InChI is InChI=1S/C23H25N5O2S2/c24-21(29)15-4-3-10-28(13-15)19-6-5-16(12-25-19)26-22(30)20-17-7-11-31-14-18(17)32-23(20)27-8-1-2-9-27/h1-2,5-6,8-9,12,15H,3-4,7,10-11,13-14H2,(H2,24,29)(H,26,30). The molecule has 32 heavy (non-hydrogen) atoms. The van der Waals surface area contributed by atoms with Crippen LogP contribution in [0.2, 0.25) is 0 Å². The monoisotopic (exact) mass is 467 g/mol. The number of nitrogens with two attached hydrogens (primary N) is 1. The normalized spacial score (nSPS) is 18.2. The predicted octanol–water partition coefficient (Wildman–Crippen LogP) is 3.68. The number of anilines is 2. The van der Waals surface area contributed by atoms with E-state index >= 15 is 0 Å². The van der Waals surface area contributed by atoms with Crippen molar-refractivity contribution in [2.24, 2.45) is 11.7 Å². The maximum absolute atomic E-state index is 13.4. The fourth-order valence-electron chi connectivity index (χ4n) is 4.36. The van der Waals surface area contributed by atoms with Gasteiger partial charge in [-0.3, -0.25) is 9.59 Å². The largest absolute Gasteiger partial charge is 0.369 e. The minimum Gasteiger partial charge on any atom is -0.369 e. The third-order valence-corrected chi connectivity index (χ3v) is 8.43. The number of nitrogens with one attached hydrogen (secondary N) is 1. The first-order chi connectivity index (χ1) is 15.6. The highest BCUT2D eigenvalue weighted by molar-refractivity contribution is 7.98. The summed E-state index contributed by atoms with van der Waals surface area (Å²) in [5, 5.41) is 4.01. The molecule has 1 saturated heterocycles. The maximum atomic E-state index is 13.4. The summed E-state index contributed by atoms with van der Waals surface area (Å²) in [6, 6.07) is 7.71. The number of thiophene rings is 1. The van der Waals surface area contributed by atoms with Crippen LogP contribution in [0.25, 0.3) is 5.00 Å². The van der Waals surface area contributed by atoms with Crippen LogP contribution in [0.3, 0.4) is 0 Å². The van der Waals surface area contributed by atoms with Crippen LogP contribution in [-0.4, -0.2) is 40.2 Å². The van der Waals surface area contributed by atoms with Gasteiger partial charge in [0.05, 0.1) is 23.4 Å². The number of thioether (sulfide) groups is 1. The second-order valence-corrected chi connectivity index (χ2v) is 10.3. The molecule has 5 heterocycles. The van der Waals surface area contributed by atoms with Crippen molar-refractivity contribution in [3.05, 3.63) is 58.9 Å². The van der Waals surface area contributed by atoms with Gasteiger partial charge in [0.2, 0.25) is 5.91 Å². The number of aromatic nitrogens is 2. The van der Waals surface area contributed by atoms with Crippen LogP contribution in [-0.2, 0) is 17.0 Å². The van der Waals surface area contributed by atoms with Crippen molar-refractivity contribution < 1.29 is 9.59 Å². The van der Waals surface area contributed by atoms with Crippen molar-refractivity contribution in [2.45, 2.75) is 25.0 Å². The molecule has 0 aliphatic carbocycles. The van der Waals surface area contributed by atoms with Gasteiger partial charge in [0.15, 0.2) is 0 Å². The van der Waals surface area contributed by atoms with E-state index in [1.807, 2.05) is 53.0 Å². The van der Waals surface area contributed by atoms with Crippen LogP contribution in [0.5, 0.6) is 0 Å². The minimum absolute atomic E-state index is 0.0978. The van der Waals surface area contributed by atoms with Crippen LogP contribution in [0.1, 0.15) is 33.6 Å². The summed E-state index contributed by atoms with van der Waals surface area (Å²) in [4.78, 5) is 32.8. The SMILES string of the molecule is NC(=O)C1CCCN(c2ccc(NC(=O)c3c(-n4cccc4)sc4c3CCSC4)cn2)C1. The Balaban J connectivity index is 1.36. The number of fused-ring (bicyclic) bond motifs is 1. The number of piperidine rings is 1. The van der Waals surface area contributed by atoms with Crippen LogP contribution in [0.4, 0.5) is 11.5 Å². The van der Waals surface area contributed by atoms with Crippen molar-refractivity contribution >= 4 is 46.4 Å². The molecule has 2 aliphatic heterocycles. The number of primary amides is 1. The Morgan fingerprint density at radius 2 is 2.06 bits per heavy atom. The fourth-order valence-corrected chi connectivity index (χ4v) is 6.81. The molecule has 2 amide bonds. The summed E-state index contributed by atoms with van der Waals surface area (Å²) in [5.41, 5.74) is 8.09. The summed E-state index contributed by atoms with van der Waals surface area (Å²) in [7, 11) is 0. The summed E-state index contributed by atoms with van der Waals surface area (Å²) in [6.45, 7) is 1.44. The molecule has 3 aromatic rings. The third kappa shape index (κ3) is 4.14. The van der Waals surface area contributed by atoms with E-state index in [0.29, 0.717) is 12.2 Å². The van der Waals surface area contributed by atoms with Crippen molar-refractivity contribution in [3.63, 3.8) is 0 Å². The first-order valence-electron chi connectivity index (χ1n) is 10.8. The smallest absolute Gasteiger partial charge is 0.259 e. The van der Waals surface area contributed by atoms with Crippen LogP contribution >= 0.6 is 23.1 Å². The first kappa shape index (κ1) is 21.1. The lowest BCUT2D eigenvalue weighted by Gasteiger charge is -2.32. The Kier molecular flexibility index (Phi) is 5.93. The number of nitrogens with zero attached hydrogens (tertiary/aromatic N) is 3. The summed E-state index contributed by atoms with van der Waals surface area (Å²) in [6.07, 6.45) is 8.30. The molecule has 0 spiro atoms. The molecule has 1 atom stereocenters. The van der Waals surface area contributed by atoms with Gasteiger partial charge in [-0.05, 0) is 54.8 Å². The highest BCUT2D eigenvalue weighted by atomic mass is 32.2. The zero-order valence-corrected chi connectivity index (χ0v) is 19.3. The van der Waals surface area contributed by atoms with Gasteiger partial charge >= 0.3 is 0 Å². The van der Waals surface area contributed by atoms with Gasteiger partial charge in [-0.2, -0.15) is 11.8 Å². The Morgan fingerprint density at radius 3 is 2.81 bits per heavy atom. The lowest BCUT2D eigenvalue weighted by molar-refractivity contribution is -0.122. The van der Waals surface area contributed by atoms with E-state index in [9.17, 15) is 9.59 Å². The average molecular weight is 468 g/mol. The maximum Gasteiger partial charge on any atom is 0.259 e. The van der Waals surface area contributed by atoms with Gasteiger partial charge in [-0.25, -0.2) is 4.98 Å². The molecule has 5 rings (SSSR count). The molecule has 1 unspecified atom stereocenters. The predicted molar refractivity (Wildman–Crippen MR) is 130 cm³/mol. The summed E-state index contributed by atoms with van der Waals surface area (Å²) in [5.74, 6) is 2.30. The van der Waals surface area contributed by atoms with Crippen LogP contribution in [0, 0.1) is 5.92 Å². The van der Waals surface area contributed by atoms with E-state index in [-0.39, 0.29) is 17.7 Å².